The minimum Gasteiger partial charge on any atom is -0.396 e. The molecule has 0 atom stereocenters. The third kappa shape index (κ3) is 1.76. The summed E-state index contributed by atoms with van der Waals surface area (Å²) in [6.07, 6.45) is -2.98. The summed E-state index contributed by atoms with van der Waals surface area (Å²) in [5.41, 5.74) is 7.85. The van der Waals surface area contributed by atoms with Gasteiger partial charge in [-0.25, -0.2) is 13.8 Å². The van der Waals surface area contributed by atoms with Gasteiger partial charge >= 0.3 is 0 Å². The molecule has 0 radical (unpaired) electrons. The van der Waals surface area contributed by atoms with Crippen molar-refractivity contribution in [3.8, 4) is 0 Å². The van der Waals surface area contributed by atoms with Crippen LogP contribution in [0.1, 0.15) is 22.5 Å². The molecule has 0 aliphatic rings. The van der Waals surface area contributed by atoms with Gasteiger partial charge in [-0.3, -0.25) is 4.79 Å². The number of carbonyl (C=O) groups excluding carboxylic acids is 1. The highest BCUT2D eigenvalue weighted by atomic mass is 19.3. The summed E-state index contributed by atoms with van der Waals surface area (Å²) >= 11 is 0. The Bertz CT molecular complexity index is 381. The number of nitrogens with zero attached hydrogens (tertiary/aromatic N) is 1. The average molecular weight is 205 g/mol. The summed E-state index contributed by atoms with van der Waals surface area (Å²) in [5, 5.41) is 0. The molecule has 7 heteroatoms. The molecule has 1 rings (SSSR count). The molecule has 1 heterocycles. The molecule has 0 bridgehead atoms. The molecular weight excluding hydrogens is 199 g/mol. The minimum absolute atomic E-state index is 0.465. The Morgan fingerprint density at radius 1 is 1.50 bits per heavy atom. The number of hydrogen-bond donors (Lipinski definition) is 2. The Morgan fingerprint density at radius 3 is 2.50 bits per heavy atom. The van der Waals surface area contributed by atoms with Gasteiger partial charge in [0.2, 0.25) is 5.95 Å². The van der Waals surface area contributed by atoms with Crippen LogP contribution in [-0.2, 0) is 0 Å². The molecule has 4 N–H and O–H groups in total. The topological polar surface area (TPSA) is 82.0 Å². The number of primary amides is 1. The van der Waals surface area contributed by atoms with Crippen LogP contribution >= 0.6 is 0 Å². The van der Waals surface area contributed by atoms with E-state index >= 15 is 0 Å². The van der Waals surface area contributed by atoms with Gasteiger partial charge < -0.3 is 11.5 Å². The van der Waals surface area contributed by atoms with E-state index in [1.165, 1.54) is 0 Å². The van der Waals surface area contributed by atoms with Gasteiger partial charge in [-0.05, 0) is 0 Å². The van der Waals surface area contributed by atoms with Crippen molar-refractivity contribution < 1.29 is 18.0 Å². The number of pyridine rings is 1. The zero-order valence-electron chi connectivity index (χ0n) is 6.80. The number of carbonyl (C=O) groups is 1. The lowest BCUT2D eigenvalue weighted by molar-refractivity contribution is 0.0994. The van der Waals surface area contributed by atoms with Crippen molar-refractivity contribution in [2.45, 2.75) is 6.43 Å². The third-order valence-electron chi connectivity index (χ3n) is 1.53. The highest BCUT2D eigenvalue weighted by molar-refractivity contribution is 5.96. The molecule has 1 aromatic heterocycles. The van der Waals surface area contributed by atoms with Gasteiger partial charge in [0.25, 0.3) is 12.3 Å². The van der Waals surface area contributed by atoms with Crippen molar-refractivity contribution in [2.75, 3.05) is 5.73 Å². The summed E-state index contributed by atoms with van der Waals surface area (Å²) in [4.78, 5) is 13.6. The smallest absolute Gasteiger partial charge is 0.269 e. The van der Waals surface area contributed by atoms with Gasteiger partial charge in [0.15, 0.2) is 5.69 Å². The van der Waals surface area contributed by atoms with Crippen molar-refractivity contribution in [1.82, 2.24) is 4.98 Å². The first-order valence-corrected chi connectivity index (χ1v) is 3.47. The van der Waals surface area contributed by atoms with Gasteiger partial charge in [-0.15, -0.1) is 0 Å². The van der Waals surface area contributed by atoms with E-state index in [1.54, 1.807) is 0 Å². The zero-order valence-corrected chi connectivity index (χ0v) is 6.80. The molecular formula is C7H6F3N3O. The van der Waals surface area contributed by atoms with E-state index in [-0.39, 0.29) is 0 Å². The highest BCUT2D eigenvalue weighted by Gasteiger charge is 2.19. The van der Waals surface area contributed by atoms with Gasteiger partial charge in [-0.2, -0.15) is 4.39 Å². The fraction of sp³-hybridized carbons (Fsp3) is 0.143. The first kappa shape index (κ1) is 10.3. The zero-order chi connectivity index (χ0) is 10.9. The molecule has 0 spiro atoms. The van der Waals surface area contributed by atoms with Gasteiger partial charge in [-0.1, -0.05) is 0 Å². The molecule has 0 aromatic carbocycles. The molecule has 1 aromatic rings. The number of rotatable bonds is 2. The van der Waals surface area contributed by atoms with Crippen LogP contribution < -0.4 is 11.5 Å². The number of amides is 1. The number of nitrogens with two attached hydrogens (primary N) is 2. The van der Waals surface area contributed by atoms with Crippen LogP contribution in [0.25, 0.3) is 0 Å². The SMILES string of the molecule is NC(=O)c1nc(F)cc(C(F)F)c1N. The van der Waals surface area contributed by atoms with Crippen molar-refractivity contribution in [1.29, 1.82) is 0 Å². The number of anilines is 1. The Labute approximate surface area is 76.7 Å². The lowest BCUT2D eigenvalue weighted by Gasteiger charge is -2.07. The molecule has 0 saturated heterocycles. The highest BCUT2D eigenvalue weighted by Crippen LogP contribution is 2.26. The summed E-state index contributed by atoms with van der Waals surface area (Å²) in [5.74, 6) is -2.37. The Balaban J connectivity index is 3.40. The van der Waals surface area contributed by atoms with E-state index in [0.29, 0.717) is 6.07 Å². The lowest BCUT2D eigenvalue weighted by atomic mass is 10.2. The van der Waals surface area contributed by atoms with Crippen LogP contribution in [0.3, 0.4) is 0 Å². The first-order chi connectivity index (χ1) is 6.43. The van der Waals surface area contributed by atoms with Crippen LogP contribution in [0, 0.1) is 5.95 Å². The second-order valence-corrected chi connectivity index (χ2v) is 2.46. The maximum atomic E-state index is 12.6. The Morgan fingerprint density at radius 2 is 2.07 bits per heavy atom. The minimum atomic E-state index is -2.98. The molecule has 0 unspecified atom stereocenters. The fourth-order valence-electron chi connectivity index (χ4n) is 0.910. The van der Waals surface area contributed by atoms with Gasteiger partial charge in [0.1, 0.15) is 0 Å². The fourth-order valence-corrected chi connectivity index (χ4v) is 0.910. The quantitative estimate of drug-likeness (QED) is 0.702. The Hall–Kier alpha value is -1.79. The van der Waals surface area contributed by atoms with Crippen LogP contribution in [0.15, 0.2) is 6.07 Å². The van der Waals surface area contributed by atoms with Crippen LogP contribution in [0.4, 0.5) is 18.9 Å². The molecule has 4 nitrogen and oxygen atoms in total. The predicted octanol–water partition coefficient (Wildman–Crippen LogP) is 0.839. The van der Waals surface area contributed by atoms with Crippen molar-refractivity contribution in [2.24, 2.45) is 5.73 Å². The summed E-state index contributed by atoms with van der Waals surface area (Å²) in [6, 6.07) is 0.465. The standard InChI is InChI=1S/C7H6F3N3O/c8-3-1-2(6(9)10)4(11)5(13-3)7(12)14/h1,6H,11H2,(H2,12,14). The molecule has 0 saturated carbocycles. The molecule has 0 aliphatic carbocycles. The van der Waals surface area contributed by atoms with Gasteiger partial charge in [0.05, 0.1) is 5.69 Å². The number of aromatic nitrogens is 1. The summed E-state index contributed by atoms with van der Waals surface area (Å²) in [7, 11) is 0. The number of hydrogen-bond acceptors (Lipinski definition) is 3. The van der Waals surface area contributed by atoms with Crippen LogP contribution in [-0.4, -0.2) is 10.9 Å². The van der Waals surface area contributed by atoms with E-state index in [9.17, 15) is 18.0 Å². The van der Waals surface area contributed by atoms with E-state index < -0.39 is 35.2 Å². The van der Waals surface area contributed by atoms with E-state index in [1.807, 2.05) is 0 Å². The predicted molar refractivity (Wildman–Crippen MR) is 42.1 cm³/mol. The molecule has 0 aliphatic heterocycles. The van der Waals surface area contributed by atoms with Crippen LogP contribution in [0.5, 0.6) is 0 Å². The van der Waals surface area contributed by atoms with E-state index in [0.717, 1.165) is 0 Å². The molecule has 0 fully saturated rings. The molecule has 14 heavy (non-hydrogen) atoms. The Kier molecular flexibility index (Phi) is 2.59. The van der Waals surface area contributed by atoms with Crippen molar-refractivity contribution >= 4 is 11.6 Å². The van der Waals surface area contributed by atoms with Crippen LogP contribution in [0.2, 0.25) is 0 Å². The lowest BCUT2D eigenvalue weighted by Crippen LogP contribution is -2.18. The number of halogens is 3. The summed E-state index contributed by atoms with van der Waals surface area (Å²) < 4.78 is 37.1. The third-order valence-corrected chi connectivity index (χ3v) is 1.53. The second-order valence-electron chi connectivity index (χ2n) is 2.46. The maximum Gasteiger partial charge on any atom is 0.269 e. The maximum absolute atomic E-state index is 12.6. The number of nitrogen functional groups attached to an aromatic ring is 1. The first-order valence-electron chi connectivity index (χ1n) is 3.47. The average Bonchev–Trinajstić information content (AvgIpc) is 2.07. The van der Waals surface area contributed by atoms with E-state index in [4.69, 9.17) is 11.5 Å². The van der Waals surface area contributed by atoms with Crippen molar-refractivity contribution in [3.63, 3.8) is 0 Å². The van der Waals surface area contributed by atoms with Crippen molar-refractivity contribution in [3.05, 3.63) is 23.3 Å². The summed E-state index contributed by atoms with van der Waals surface area (Å²) in [6.45, 7) is 0. The monoisotopic (exact) mass is 205 g/mol. The molecule has 76 valence electrons. The van der Waals surface area contributed by atoms with E-state index in [2.05, 4.69) is 4.98 Å². The van der Waals surface area contributed by atoms with Gasteiger partial charge in [0, 0.05) is 11.6 Å². The second kappa shape index (κ2) is 3.52. The molecule has 1 amide bonds. The largest absolute Gasteiger partial charge is 0.396 e. The normalized spacial score (nSPS) is 10.6. The number of alkyl halides is 2.